The lowest BCUT2D eigenvalue weighted by molar-refractivity contribution is 0.242. The first kappa shape index (κ1) is 17.8. The van der Waals surface area contributed by atoms with Gasteiger partial charge in [-0.05, 0) is 69.4 Å². The summed E-state index contributed by atoms with van der Waals surface area (Å²) in [6.07, 6.45) is 3.65. The molecule has 0 saturated carbocycles. The molecule has 4 heteroatoms. The van der Waals surface area contributed by atoms with E-state index in [0.717, 1.165) is 33.3 Å². The molecule has 0 radical (unpaired) electrons. The van der Waals surface area contributed by atoms with Gasteiger partial charge in [-0.15, -0.1) is 16.1 Å². The monoisotopic (exact) mass is 374 g/mol. The molecule has 2 aromatic carbocycles. The summed E-state index contributed by atoms with van der Waals surface area (Å²) in [7, 11) is 0. The van der Waals surface area contributed by atoms with Crippen molar-refractivity contribution in [2.75, 3.05) is 0 Å². The van der Waals surface area contributed by atoms with Gasteiger partial charge in [-0.25, -0.2) is 0 Å². The number of benzene rings is 2. The molecule has 0 atom stereocenters. The zero-order valence-corrected chi connectivity index (χ0v) is 16.7. The minimum Gasteiger partial charge on any atom is -0.490 e. The van der Waals surface area contributed by atoms with E-state index in [4.69, 9.17) is 4.74 Å². The van der Waals surface area contributed by atoms with Crippen LogP contribution in [-0.4, -0.2) is 16.3 Å². The first-order chi connectivity index (χ1) is 13.2. The van der Waals surface area contributed by atoms with Gasteiger partial charge in [0.15, 0.2) is 0 Å². The van der Waals surface area contributed by atoms with Crippen molar-refractivity contribution in [3.05, 3.63) is 53.1 Å². The van der Waals surface area contributed by atoms with Crippen LogP contribution >= 0.6 is 11.3 Å². The zero-order valence-electron chi connectivity index (χ0n) is 15.9. The Labute approximate surface area is 164 Å². The summed E-state index contributed by atoms with van der Waals surface area (Å²) in [5, 5.41) is 10.9. The van der Waals surface area contributed by atoms with Gasteiger partial charge in [-0.3, -0.25) is 0 Å². The second-order valence-electron chi connectivity index (χ2n) is 6.96. The Morgan fingerprint density at radius 2 is 1.93 bits per heavy atom. The fourth-order valence-electron chi connectivity index (χ4n) is 3.52. The number of rotatable bonds is 4. The molecule has 0 unspecified atom stereocenters. The summed E-state index contributed by atoms with van der Waals surface area (Å²) in [6, 6.07) is 12.6. The molecule has 1 heterocycles. The maximum atomic E-state index is 5.88. The number of hydrogen-bond acceptors (Lipinski definition) is 4. The van der Waals surface area contributed by atoms with E-state index in [2.05, 4.69) is 40.2 Å². The van der Waals surface area contributed by atoms with Crippen molar-refractivity contribution in [3.63, 3.8) is 0 Å². The second kappa shape index (κ2) is 7.54. The molecule has 1 aromatic heterocycles. The minimum absolute atomic E-state index is 0.113. The molecule has 0 bridgehead atoms. The van der Waals surface area contributed by atoms with E-state index < -0.39 is 0 Å². The highest BCUT2D eigenvalue weighted by Gasteiger charge is 2.18. The molecule has 0 saturated heterocycles. The predicted molar refractivity (Wildman–Crippen MR) is 111 cm³/mol. The summed E-state index contributed by atoms with van der Waals surface area (Å²) in [4.78, 5) is 0. The van der Waals surface area contributed by atoms with Crippen molar-refractivity contribution < 1.29 is 4.74 Å². The van der Waals surface area contributed by atoms with E-state index in [1.54, 1.807) is 11.3 Å². The minimum atomic E-state index is 0.113. The topological polar surface area (TPSA) is 35.0 Å². The normalized spacial score (nSPS) is 12.6. The van der Waals surface area contributed by atoms with Gasteiger partial charge >= 0.3 is 0 Å². The van der Waals surface area contributed by atoms with Crippen LogP contribution in [0.1, 0.15) is 43.9 Å². The Kier molecular flexibility index (Phi) is 4.96. The molecule has 1 aliphatic rings. The Balaban J connectivity index is 1.70. The summed E-state index contributed by atoms with van der Waals surface area (Å²) in [5.41, 5.74) is 6.06. The zero-order chi connectivity index (χ0) is 18.8. The second-order valence-corrected chi connectivity index (χ2v) is 7.94. The highest BCUT2D eigenvalue weighted by Crippen LogP contribution is 2.37. The highest BCUT2D eigenvalue weighted by atomic mass is 32.1. The van der Waals surface area contributed by atoms with Crippen molar-refractivity contribution in [2.45, 2.75) is 46.1 Å². The molecular weight excluding hydrogens is 352 g/mol. The Morgan fingerprint density at radius 3 is 2.74 bits per heavy atom. The smallest absolute Gasteiger partial charge is 0.148 e. The van der Waals surface area contributed by atoms with Crippen molar-refractivity contribution >= 4 is 11.3 Å². The van der Waals surface area contributed by atoms with E-state index in [-0.39, 0.29) is 6.10 Å². The molecule has 1 aliphatic carbocycles. The van der Waals surface area contributed by atoms with Crippen LogP contribution in [0.2, 0.25) is 0 Å². The quantitative estimate of drug-likeness (QED) is 0.564. The first-order valence-corrected chi connectivity index (χ1v) is 10.2. The third-order valence-corrected chi connectivity index (χ3v) is 5.66. The van der Waals surface area contributed by atoms with E-state index in [1.165, 1.54) is 29.5 Å². The number of ether oxygens (including phenoxy) is 1. The van der Waals surface area contributed by atoms with Gasteiger partial charge in [0.1, 0.15) is 15.8 Å². The van der Waals surface area contributed by atoms with Gasteiger partial charge in [0, 0.05) is 11.1 Å². The molecule has 3 aromatic rings. The molecule has 27 heavy (non-hydrogen) atoms. The van der Waals surface area contributed by atoms with E-state index in [9.17, 15) is 0 Å². The van der Waals surface area contributed by atoms with Crippen LogP contribution in [-0.2, 0) is 12.8 Å². The van der Waals surface area contributed by atoms with Gasteiger partial charge in [0.25, 0.3) is 0 Å². The van der Waals surface area contributed by atoms with Gasteiger partial charge in [-0.2, -0.15) is 0 Å². The van der Waals surface area contributed by atoms with Crippen molar-refractivity contribution in [1.29, 1.82) is 0 Å². The van der Waals surface area contributed by atoms with E-state index in [0.29, 0.717) is 0 Å². The Bertz CT molecular complexity index is 1040. The standard InChI is InChI=1S/C23H22N2OS/c1-4-7-17-14-18(12-13-21(17)26-15(2)3)22-24-25-23(27-22)20-11-6-9-16-8-5-10-19(16)20/h6,9,11-15H,5,8,10H2,1-3H3. The van der Waals surface area contributed by atoms with Crippen LogP contribution in [0.15, 0.2) is 36.4 Å². The van der Waals surface area contributed by atoms with Crippen LogP contribution < -0.4 is 4.74 Å². The molecule has 0 amide bonds. The van der Waals surface area contributed by atoms with Crippen LogP contribution in [0.4, 0.5) is 0 Å². The van der Waals surface area contributed by atoms with E-state index in [1.807, 2.05) is 39.0 Å². The summed E-state index contributed by atoms with van der Waals surface area (Å²) >= 11 is 1.64. The number of fused-ring (bicyclic) bond motifs is 1. The summed E-state index contributed by atoms with van der Waals surface area (Å²) < 4.78 is 5.88. The van der Waals surface area contributed by atoms with Gasteiger partial charge < -0.3 is 4.74 Å². The van der Waals surface area contributed by atoms with Crippen LogP contribution in [0.3, 0.4) is 0 Å². The predicted octanol–water partition coefficient (Wildman–Crippen LogP) is 5.52. The molecule has 4 rings (SSSR count). The number of aromatic nitrogens is 2. The molecule has 0 spiro atoms. The third kappa shape index (κ3) is 3.61. The molecule has 3 nitrogen and oxygen atoms in total. The van der Waals surface area contributed by atoms with Crippen molar-refractivity contribution in [1.82, 2.24) is 10.2 Å². The largest absolute Gasteiger partial charge is 0.490 e. The first-order valence-electron chi connectivity index (χ1n) is 9.34. The van der Waals surface area contributed by atoms with Crippen LogP contribution in [0.5, 0.6) is 5.75 Å². The molecule has 0 fully saturated rings. The van der Waals surface area contributed by atoms with Crippen molar-refractivity contribution in [2.24, 2.45) is 0 Å². The molecule has 136 valence electrons. The van der Waals surface area contributed by atoms with Gasteiger partial charge in [-0.1, -0.05) is 35.5 Å². The average Bonchev–Trinajstić information content (AvgIpc) is 3.32. The van der Waals surface area contributed by atoms with Gasteiger partial charge in [0.2, 0.25) is 0 Å². The fourth-order valence-corrected chi connectivity index (χ4v) is 4.41. The number of nitrogens with zero attached hydrogens (tertiary/aromatic N) is 2. The average molecular weight is 375 g/mol. The Hall–Kier alpha value is -2.64. The SMILES string of the molecule is CC#Cc1cc(-c2nnc(-c3cccc4c3CCC4)s2)ccc1OC(C)C. The van der Waals surface area contributed by atoms with Crippen LogP contribution in [0.25, 0.3) is 21.1 Å². The maximum absolute atomic E-state index is 5.88. The van der Waals surface area contributed by atoms with E-state index >= 15 is 0 Å². The summed E-state index contributed by atoms with van der Waals surface area (Å²) in [5.74, 6) is 6.93. The lowest BCUT2D eigenvalue weighted by Crippen LogP contribution is -2.06. The molecule has 0 N–H and O–H groups in total. The van der Waals surface area contributed by atoms with Crippen LogP contribution in [0, 0.1) is 11.8 Å². The maximum Gasteiger partial charge on any atom is 0.148 e. The Morgan fingerprint density at radius 1 is 1.07 bits per heavy atom. The fraction of sp³-hybridized carbons (Fsp3) is 0.304. The van der Waals surface area contributed by atoms with Gasteiger partial charge in [0.05, 0.1) is 11.7 Å². The lowest BCUT2D eigenvalue weighted by Gasteiger charge is -2.12. The number of hydrogen-bond donors (Lipinski definition) is 0. The third-order valence-electron chi connectivity index (χ3n) is 4.65. The lowest BCUT2D eigenvalue weighted by atomic mass is 10.0. The number of aryl methyl sites for hydroxylation is 1. The molecular formula is C23H22N2OS. The van der Waals surface area contributed by atoms with Crippen molar-refractivity contribution in [3.8, 4) is 38.7 Å². The highest BCUT2D eigenvalue weighted by molar-refractivity contribution is 7.17. The molecule has 0 aliphatic heterocycles. The summed E-state index contributed by atoms with van der Waals surface area (Å²) in [6.45, 7) is 5.88.